The van der Waals surface area contributed by atoms with Gasteiger partial charge in [-0.3, -0.25) is 0 Å². The van der Waals surface area contributed by atoms with E-state index in [1.54, 1.807) is 11.1 Å². The average molecular weight is 217 g/mol. The molecule has 0 spiro atoms. The fraction of sp³-hybridized carbons (Fsp3) is 0.600. The van der Waals surface area contributed by atoms with Crippen LogP contribution in [0.1, 0.15) is 50.3 Å². The largest absolute Gasteiger partial charge is 0.308 e. The van der Waals surface area contributed by atoms with Crippen molar-refractivity contribution >= 4 is 0 Å². The second-order valence-corrected chi connectivity index (χ2v) is 5.55. The van der Waals surface area contributed by atoms with Crippen molar-refractivity contribution in [1.29, 1.82) is 0 Å². The highest BCUT2D eigenvalue weighted by Gasteiger charge is 2.14. The average Bonchev–Trinajstić information content (AvgIpc) is 2.73. The Bertz CT molecular complexity index is 366. The van der Waals surface area contributed by atoms with Crippen molar-refractivity contribution in [3.05, 3.63) is 34.9 Å². The van der Waals surface area contributed by atoms with Gasteiger partial charge in [-0.1, -0.05) is 25.1 Å². The molecule has 0 bridgehead atoms. The molecule has 1 nitrogen and oxygen atoms in total. The molecular formula is C15H23N. The summed E-state index contributed by atoms with van der Waals surface area (Å²) in [5.74, 6) is 0. The standard InChI is InChI=1S/C15H23N/c1-4-15(2,3)16-11-12-8-9-13-6-5-7-14(13)10-12/h8-10,16H,4-7,11H2,1-3H3. The highest BCUT2D eigenvalue weighted by molar-refractivity contribution is 5.35. The van der Waals surface area contributed by atoms with Gasteiger partial charge in [0.1, 0.15) is 0 Å². The maximum atomic E-state index is 3.62. The number of aryl methyl sites for hydroxylation is 2. The van der Waals surface area contributed by atoms with Crippen LogP contribution in [0.3, 0.4) is 0 Å². The van der Waals surface area contributed by atoms with Crippen LogP contribution in [0.25, 0.3) is 0 Å². The fourth-order valence-electron chi connectivity index (χ4n) is 2.20. The van der Waals surface area contributed by atoms with Gasteiger partial charge in [-0.05, 0) is 56.2 Å². The molecule has 0 aromatic heterocycles. The Morgan fingerprint density at radius 3 is 2.69 bits per heavy atom. The first-order valence-corrected chi connectivity index (χ1v) is 6.46. The lowest BCUT2D eigenvalue weighted by molar-refractivity contribution is 0.374. The normalized spacial score (nSPS) is 15.2. The molecule has 0 saturated heterocycles. The second kappa shape index (κ2) is 4.58. The molecule has 0 radical (unpaired) electrons. The van der Waals surface area contributed by atoms with E-state index in [2.05, 4.69) is 44.3 Å². The van der Waals surface area contributed by atoms with Crippen molar-refractivity contribution in [2.24, 2.45) is 0 Å². The monoisotopic (exact) mass is 217 g/mol. The highest BCUT2D eigenvalue weighted by atomic mass is 14.9. The predicted molar refractivity (Wildman–Crippen MR) is 69.7 cm³/mol. The van der Waals surface area contributed by atoms with E-state index in [1.165, 1.54) is 24.8 Å². The summed E-state index contributed by atoms with van der Waals surface area (Å²) < 4.78 is 0. The Hall–Kier alpha value is -0.820. The quantitative estimate of drug-likeness (QED) is 0.814. The van der Waals surface area contributed by atoms with Crippen LogP contribution < -0.4 is 5.32 Å². The zero-order valence-corrected chi connectivity index (χ0v) is 10.8. The smallest absolute Gasteiger partial charge is 0.0210 e. The fourth-order valence-corrected chi connectivity index (χ4v) is 2.20. The molecule has 0 heterocycles. The van der Waals surface area contributed by atoms with Crippen molar-refractivity contribution in [3.63, 3.8) is 0 Å². The molecule has 16 heavy (non-hydrogen) atoms. The van der Waals surface area contributed by atoms with E-state index in [1.807, 2.05) is 0 Å². The summed E-state index contributed by atoms with van der Waals surface area (Å²) in [6, 6.07) is 6.99. The zero-order valence-electron chi connectivity index (χ0n) is 10.8. The molecule has 1 aromatic rings. The van der Waals surface area contributed by atoms with Crippen LogP contribution in [-0.2, 0) is 19.4 Å². The number of nitrogens with one attached hydrogen (secondary N) is 1. The molecule has 1 N–H and O–H groups in total. The van der Waals surface area contributed by atoms with Crippen molar-refractivity contribution in [3.8, 4) is 0 Å². The Kier molecular flexibility index (Phi) is 3.34. The lowest BCUT2D eigenvalue weighted by atomic mass is 10.0. The molecule has 1 aromatic carbocycles. The Labute approximate surface area is 99.3 Å². The molecule has 88 valence electrons. The number of rotatable bonds is 4. The molecule has 0 aliphatic heterocycles. The lowest BCUT2D eigenvalue weighted by Crippen LogP contribution is -2.37. The van der Waals surface area contributed by atoms with Crippen molar-refractivity contribution < 1.29 is 0 Å². The van der Waals surface area contributed by atoms with Gasteiger partial charge in [-0.15, -0.1) is 0 Å². The Morgan fingerprint density at radius 1 is 1.19 bits per heavy atom. The molecule has 0 amide bonds. The predicted octanol–water partition coefficient (Wildman–Crippen LogP) is 3.45. The second-order valence-electron chi connectivity index (χ2n) is 5.55. The van der Waals surface area contributed by atoms with Crippen molar-refractivity contribution in [2.75, 3.05) is 0 Å². The van der Waals surface area contributed by atoms with Gasteiger partial charge >= 0.3 is 0 Å². The molecule has 1 heteroatoms. The van der Waals surface area contributed by atoms with E-state index in [4.69, 9.17) is 0 Å². The highest BCUT2D eigenvalue weighted by Crippen LogP contribution is 2.23. The number of hydrogen-bond donors (Lipinski definition) is 1. The van der Waals surface area contributed by atoms with Gasteiger partial charge < -0.3 is 5.32 Å². The van der Waals surface area contributed by atoms with E-state index >= 15 is 0 Å². The van der Waals surface area contributed by atoms with Gasteiger partial charge in [0.15, 0.2) is 0 Å². The van der Waals surface area contributed by atoms with Crippen LogP contribution >= 0.6 is 0 Å². The lowest BCUT2D eigenvalue weighted by Gasteiger charge is -2.24. The zero-order chi connectivity index (χ0) is 11.6. The van der Waals surface area contributed by atoms with E-state index in [0.29, 0.717) is 0 Å². The number of hydrogen-bond acceptors (Lipinski definition) is 1. The van der Waals surface area contributed by atoms with Crippen LogP contribution in [0.5, 0.6) is 0 Å². The topological polar surface area (TPSA) is 12.0 Å². The Balaban J connectivity index is 2.00. The van der Waals surface area contributed by atoms with Crippen LogP contribution in [0.4, 0.5) is 0 Å². The minimum Gasteiger partial charge on any atom is -0.308 e. The van der Waals surface area contributed by atoms with Gasteiger partial charge in [0.25, 0.3) is 0 Å². The van der Waals surface area contributed by atoms with E-state index in [9.17, 15) is 0 Å². The van der Waals surface area contributed by atoms with E-state index in [-0.39, 0.29) is 5.54 Å². The summed E-state index contributed by atoms with van der Waals surface area (Å²) in [6.45, 7) is 7.75. The minimum atomic E-state index is 0.249. The van der Waals surface area contributed by atoms with Crippen LogP contribution in [-0.4, -0.2) is 5.54 Å². The van der Waals surface area contributed by atoms with Gasteiger partial charge in [0, 0.05) is 12.1 Å². The van der Waals surface area contributed by atoms with Crippen LogP contribution in [0.2, 0.25) is 0 Å². The Morgan fingerprint density at radius 2 is 1.94 bits per heavy atom. The maximum absolute atomic E-state index is 3.62. The first-order valence-electron chi connectivity index (χ1n) is 6.46. The summed E-state index contributed by atoms with van der Waals surface area (Å²) in [5, 5.41) is 3.62. The maximum Gasteiger partial charge on any atom is 0.0210 e. The van der Waals surface area contributed by atoms with Crippen LogP contribution in [0, 0.1) is 0 Å². The molecular weight excluding hydrogens is 194 g/mol. The third kappa shape index (κ3) is 2.65. The van der Waals surface area contributed by atoms with Crippen molar-refractivity contribution in [1.82, 2.24) is 5.32 Å². The van der Waals surface area contributed by atoms with E-state index in [0.717, 1.165) is 13.0 Å². The molecule has 1 aliphatic carbocycles. The summed E-state index contributed by atoms with van der Waals surface area (Å²) in [5.41, 5.74) is 4.83. The molecule has 0 unspecified atom stereocenters. The third-order valence-corrected chi connectivity index (χ3v) is 3.82. The summed E-state index contributed by atoms with van der Waals surface area (Å²) in [4.78, 5) is 0. The first kappa shape index (κ1) is 11.7. The molecule has 0 fully saturated rings. The summed E-state index contributed by atoms with van der Waals surface area (Å²) in [6.07, 6.45) is 5.06. The molecule has 0 atom stereocenters. The first-order chi connectivity index (χ1) is 7.61. The van der Waals surface area contributed by atoms with Gasteiger partial charge in [0.05, 0.1) is 0 Å². The van der Waals surface area contributed by atoms with Gasteiger partial charge in [-0.25, -0.2) is 0 Å². The van der Waals surface area contributed by atoms with Crippen molar-refractivity contribution in [2.45, 2.75) is 58.5 Å². The summed E-state index contributed by atoms with van der Waals surface area (Å²) in [7, 11) is 0. The van der Waals surface area contributed by atoms with E-state index < -0.39 is 0 Å². The number of benzene rings is 1. The van der Waals surface area contributed by atoms with Gasteiger partial charge in [-0.2, -0.15) is 0 Å². The molecule has 1 aliphatic rings. The van der Waals surface area contributed by atoms with Gasteiger partial charge in [0.2, 0.25) is 0 Å². The number of fused-ring (bicyclic) bond motifs is 1. The summed E-state index contributed by atoms with van der Waals surface area (Å²) >= 11 is 0. The SMILES string of the molecule is CCC(C)(C)NCc1ccc2c(c1)CCC2. The molecule has 0 saturated carbocycles. The molecule has 2 rings (SSSR count). The minimum absolute atomic E-state index is 0.249. The third-order valence-electron chi connectivity index (χ3n) is 3.82. The van der Waals surface area contributed by atoms with Crippen LogP contribution in [0.15, 0.2) is 18.2 Å².